The summed E-state index contributed by atoms with van der Waals surface area (Å²) < 4.78 is 0. The van der Waals surface area contributed by atoms with Gasteiger partial charge in [-0.05, 0) is 19.9 Å². The molecule has 6 nitrogen and oxygen atoms in total. The molecule has 0 aromatic carbocycles. The van der Waals surface area contributed by atoms with E-state index in [0.29, 0.717) is 19.6 Å². The Morgan fingerprint density at radius 1 is 1.47 bits per heavy atom. The maximum absolute atomic E-state index is 11.4. The fourth-order valence-corrected chi connectivity index (χ4v) is 1.04. The molecule has 15 heavy (non-hydrogen) atoms. The minimum Gasteiger partial charge on any atom is -0.481 e. The number of nitrogens with one attached hydrogen (secondary N) is 1. The highest BCUT2D eigenvalue weighted by molar-refractivity contribution is 5.75. The van der Waals surface area contributed by atoms with Crippen LogP contribution in [0.25, 0.3) is 0 Å². The van der Waals surface area contributed by atoms with Gasteiger partial charge in [-0.15, -0.1) is 0 Å². The van der Waals surface area contributed by atoms with Crippen LogP contribution < -0.4 is 11.1 Å². The van der Waals surface area contributed by atoms with Crippen LogP contribution in [0.4, 0.5) is 4.79 Å². The lowest BCUT2D eigenvalue weighted by atomic mass is 10.4. The SMILES string of the molecule is CCN(CCC(=O)O)C(=O)NCCCN. The van der Waals surface area contributed by atoms with Crippen LogP contribution in [-0.4, -0.2) is 48.2 Å². The van der Waals surface area contributed by atoms with E-state index in [-0.39, 0.29) is 19.0 Å². The fourth-order valence-electron chi connectivity index (χ4n) is 1.04. The molecule has 0 saturated carbocycles. The number of urea groups is 1. The third kappa shape index (κ3) is 6.73. The molecule has 0 aliphatic carbocycles. The number of carbonyl (C=O) groups excluding carboxylic acids is 1. The van der Waals surface area contributed by atoms with Gasteiger partial charge in [0.15, 0.2) is 0 Å². The van der Waals surface area contributed by atoms with Crippen molar-refractivity contribution in [2.24, 2.45) is 5.73 Å². The first kappa shape index (κ1) is 13.7. The highest BCUT2D eigenvalue weighted by atomic mass is 16.4. The second-order valence-electron chi connectivity index (χ2n) is 3.10. The smallest absolute Gasteiger partial charge is 0.317 e. The highest BCUT2D eigenvalue weighted by Crippen LogP contribution is 1.92. The number of hydrogen-bond acceptors (Lipinski definition) is 3. The number of rotatable bonds is 7. The van der Waals surface area contributed by atoms with Gasteiger partial charge in [-0.2, -0.15) is 0 Å². The Morgan fingerprint density at radius 3 is 2.60 bits per heavy atom. The number of carboxylic acid groups (broad SMARTS) is 1. The predicted molar refractivity (Wildman–Crippen MR) is 56.6 cm³/mol. The Hall–Kier alpha value is -1.30. The first-order chi connectivity index (χ1) is 7.11. The lowest BCUT2D eigenvalue weighted by molar-refractivity contribution is -0.137. The second-order valence-corrected chi connectivity index (χ2v) is 3.10. The molecule has 0 heterocycles. The van der Waals surface area contributed by atoms with Crippen LogP contribution in [0.15, 0.2) is 0 Å². The summed E-state index contributed by atoms with van der Waals surface area (Å²) in [6.07, 6.45) is 0.695. The topological polar surface area (TPSA) is 95.7 Å². The summed E-state index contributed by atoms with van der Waals surface area (Å²) in [5, 5.41) is 11.2. The van der Waals surface area contributed by atoms with Crippen LogP contribution in [0, 0.1) is 0 Å². The zero-order valence-electron chi connectivity index (χ0n) is 9.03. The van der Waals surface area contributed by atoms with Crippen molar-refractivity contribution in [2.45, 2.75) is 19.8 Å². The van der Waals surface area contributed by atoms with Crippen molar-refractivity contribution < 1.29 is 14.7 Å². The maximum atomic E-state index is 11.4. The van der Waals surface area contributed by atoms with Crippen molar-refractivity contribution in [1.82, 2.24) is 10.2 Å². The van der Waals surface area contributed by atoms with E-state index < -0.39 is 5.97 Å². The number of aliphatic carboxylic acids is 1. The summed E-state index contributed by atoms with van der Waals surface area (Å²) in [4.78, 5) is 23.2. The van der Waals surface area contributed by atoms with Gasteiger partial charge in [0, 0.05) is 19.6 Å². The molecule has 6 heteroatoms. The number of nitrogens with two attached hydrogens (primary N) is 1. The Morgan fingerprint density at radius 2 is 2.13 bits per heavy atom. The summed E-state index contributed by atoms with van der Waals surface area (Å²) in [6, 6.07) is -0.229. The molecule has 0 atom stereocenters. The Balaban J connectivity index is 3.82. The lowest BCUT2D eigenvalue weighted by Crippen LogP contribution is -2.41. The van der Waals surface area contributed by atoms with Gasteiger partial charge in [0.1, 0.15) is 0 Å². The average molecular weight is 217 g/mol. The van der Waals surface area contributed by atoms with Crippen molar-refractivity contribution >= 4 is 12.0 Å². The highest BCUT2D eigenvalue weighted by Gasteiger charge is 2.11. The molecule has 2 amide bonds. The zero-order chi connectivity index (χ0) is 11.7. The summed E-state index contributed by atoms with van der Waals surface area (Å²) >= 11 is 0. The zero-order valence-corrected chi connectivity index (χ0v) is 9.03. The first-order valence-corrected chi connectivity index (χ1v) is 5.06. The molecule has 0 saturated heterocycles. The number of hydrogen-bond donors (Lipinski definition) is 3. The maximum Gasteiger partial charge on any atom is 0.317 e. The molecule has 0 aromatic heterocycles. The van der Waals surface area contributed by atoms with E-state index in [2.05, 4.69) is 5.32 Å². The van der Waals surface area contributed by atoms with Crippen LogP contribution in [0.2, 0.25) is 0 Å². The predicted octanol–water partition coefficient (Wildman–Crippen LogP) is -0.159. The number of nitrogens with zero attached hydrogens (tertiary/aromatic N) is 1. The molecule has 0 spiro atoms. The Bertz CT molecular complexity index is 209. The lowest BCUT2D eigenvalue weighted by Gasteiger charge is -2.20. The van der Waals surface area contributed by atoms with Crippen LogP contribution in [-0.2, 0) is 4.79 Å². The van der Waals surface area contributed by atoms with E-state index >= 15 is 0 Å². The molecule has 0 rings (SSSR count). The molecule has 88 valence electrons. The van der Waals surface area contributed by atoms with Gasteiger partial charge in [0.05, 0.1) is 6.42 Å². The Kier molecular flexibility index (Phi) is 7.35. The largest absolute Gasteiger partial charge is 0.481 e. The number of amides is 2. The summed E-state index contributed by atoms with van der Waals surface area (Å²) in [7, 11) is 0. The molecular weight excluding hydrogens is 198 g/mol. The third-order valence-corrected chi connectivity index (χ3v) is 1.92. The van der Waals surface area contributed by atoms with E-state index in [1.807, 2.05) is 6.92 Å². The minimum absolute atomic E-state index is 0.0296. The summed E-state index contributed by atoms with van der Waals surface area (Å²) in [6.45, 7) is 3.60. The van der Waals surface area contributed by atoms with Crippen LogP contribution in [0.1, 0.15) is 19.8 Å². The van der Waals surface area contributed by atoms with Gasteiger partial charge >= 0.3 is 12.0 Å². The minimum atomic E-state index is -0.900. The van der Waals surface area contributed by atoms with Crippen molar-refractivity contribution in [3.05, 3.63) is 0 Å². The summed E-state index contributed by atoms with van der Waals surface area (Å²) in [5.41, 5.74) is 5.28. The molecular formula is C9H19N3O3. The van der Waals surface area contributed by atoms with E-state index in [4.69, 9.17) is 10.8 Å². The monoisotopic (exact) mass is 217 g/mol. The standard InChI is InChI=1S/C9H19N3O3/c1-2-12(7-4-8(13)14)9(15)11-6-3-5-10/h2-7,10H2,1H3,(H,11,15)(H,13,14). The summed E-state index contributed by atoms with van der Waals surface area (Å²) in [5.74, 6) is -0.900. The number of carbonyl (C=O) groups is 2. The molecule has 0 radical (unpaired) electrons. The van der Waals surface area contributed by atoms with Gasteiger partial charge in [-0.1, -0.05) is 0 Å². The van der Waals surface area contributed by atoms with Crippen LogP contribution in [0.3, 0.4) is 0 Å². The molecule has 0 aliphatic heterocycles. The van der Waals surface area contributed by atoms with E-state index in [1.165, 1.54) is 4.90 Å². The van der Waals surface area contributed by atoms with Crippen molar-refractivity contribution in [3.63, 3.8) is 0 Å². The van der Waals surface area contributed by atoms with Gasteiger partial charge < -0.3 is 21.1 Å². The van der Waals surface area contributed by atoms with Crippen LogP contribution >= 0.6 is 0 Å². The van der Waals surface area contributed by atoms with Crippen molar-refractivity contribution in [3.8, 4) is 0 Å². The Labute approximate surface area is 89.4 Å². The molecule has 0 aromatic rings. The van der Waals surface area contributed by atoms with Gasteiger partial charge in [-0.25, -0.2) is 4.79 Å². The van der Waals surface area contributed by atoms with Gasteiger partial charge in [0.2, 0.25) is 0 Å². The number of carboxylic acids is 1. The molecule has 0 aliphatic rings. The average Bonchev–Trinajstić information content (AvgIpc) is 2.18. The van der Waals surface area contributed by atoms with Crippen molar-refractivity contribution in [1.29, 1.82) is 0 Å². The van der Waals surface area contributed by atoms with Crippen LogP contribution in [0.5, 0.6) is 0 Å². The second kappa shape index (κ2) is 8.05. The van der Waals surface area contributed by atoms with Gasteiger partial charge in [0.25, 0.3) is 0 Å². The first-order valence-electron chi connectivity index (χ1n) is 5.06. The molecule has 0 unspecified atom stereocenters. The van der Waals surface area contributed by atoms with Gasteiger partial charge in [-0.3, -0.25) is 4.79 Å². The molecule has 0 fully saturated rings. The fraction of sp³-hybridized carbons (Fsp3) is 0.778. The van der Waals surface area contributed by atoms with E-state index in [0.717, 1.165) is 6.42 Å². The molecule has 0 bridgehead atoms. The van der Waals surface area contributed by atoms with E-state index in [1.54, 1.807) is 0 Å². The van der Waals surface area contributed by atoms with E-state index in [9.17, 15) is 9.59 Å². The normalized spacial score (nSPS) is 9.73. The van der Waals surface area contributed by atoms with Crippen molar-refractivity contribution in [2.75, 3.05) is 26.2 Å². The third-order valence-electron chi connectivity index (χ3n) is 1.92. The quantitative estimate of drug-likeness (QED) is 0.516. The molecule has 4 N–H and O–H groups in total.